The van der Waals surface area contributed by atoms with Crippen LogP contribution in [-0.2, 0) is 0 Å². The SMILES string of the molecule is Cc1cnn(-c2cc([N+](=O)[O-])ccc2C(=O)O)c1. The number of aryl methyl sites for hydroxylation is 1. The lowest BCUT2D eigenvalue weighted by Crippen LogP contribution is -2.06. The van der Waals surface area contributed by atoms with E-state index in [1.807, 2.05) is 0 Å². The number of nitro benzene ring substituents is 1. The van der Waals surface area contributed by atoms with Crippen molar-refractivity contribution in [2.75, 3.05) is 0 Å². The zero-order valence-electron chi connectivity index (χ0n) is 9.40. The first-order valence-electron chi connectivity index (χ1n) is 5.02. The first-order valence-corrected chi connectivity index (χ1v) is 5.02. The number of carbonyl (C=O) groups is 1. The van der Waals surface area contributed by atoms with E-state index in [4.69, 9.17) is 5.11 Å². The van der Waals surface area contributed by atoms with Crippen LogP contribution in [0.15, 0.2) is 30.6 Å². The van der Waals surface area contributed by atoms with Gasteiger partial charge in [0.1, 0.15) is 0 Å². The van der Waals surface area contributed by atoms with Crippen molar-refractivity contribution in [3.8, 4) is 5.69 Å². The standard InChI is InChI=1S/C11H9N3O4/c1-7-5-12-13(6-7)10-4-8(14(17)18)2-3-9(10)11(15)16/h2-6H,1H3,(H,15,16). The monoisotopic (exact) mass is 247 g/mol. The second-order valence-electron chi connectivity index (χ2n) is 3.73. The quantitative estimate of drug-likeness (QED) is 0.658. The summed E-state index contributed by atoms with van der Waals surface area (Å²) in [5, 5.41) is 23.7. The van der Waals surface area contributed by atoms with E-state index in [2.05, 4.69) is 5.10 Å². The molecule has 2 rings (SSSR count). The number of rotatable bonds is 3. The van der Waals surface area contributed by atoms with Gasteiger partial charge in [-0.25, -0.2) is 9.48 Å². The first kappa shape index (κ1) is 11.8. The van der Waals surface area contributed by atoms with Gasteiger partial charge in [0.15, 0.2) is 0 Å². The lowest BCUT2D eigenvalue weighted by molar-refractivity contribution is -0.384. The van der Waals surface area contributed by atoms with Crippen molar-refractivity contribution in [2.24, 2.45) is 0 Å². The molecule has 0 saturated carbocycles. The third kappa shape index (κ3) is 2.05. The Kier molecular flexibility index (Phi) is 2.80. The molecule has 0 amide bonds. The predicted molar refractivity (Wildman–Crippen MR) is 61.9 cm³/mol. The smallest absolute Gasteiger partial charge is 0.337 e. The van der Waals surface area contributed by atoms with Gasteiger partial charge in [0.25, 0.3) is 5.69 Å². The molecule has 0 atom stereocenters. The van der Waals surface area contributed by atoms with Crippen molar-refractivity contribution in [3.05, 3.63) is 51.8 Å². The summed E-state index contributed by atoms with van der Waals surface area (Å²) in [5.41, 5.74) is 0.787. The molecule has 0 spiro atoms. The van der Waals surface area contributed by atoms with Crippen LogP contribution in [-0.4, -0.2) is 25.8 Å². The Morgan fingerprint density at radius 3 is 2.72 bits per heavy atom. The first-order chi connectivity index (χ1) is 8.49. The Morgan fingerprint density at radius 2 is 2.22 bits per heavy atom. The van der Waals surface area contributed by atoms with Crippen molar-refractivity contribution in [3.63, 3.8) is 0 Å². The molecule has 0 aliphatic rings. The minimum absolute atomic E-state index is 0.0382. The van der Waals surface area contributed by atoms with Crippen LogP contribution in [0.25, 0.3) is 5.69 Å². The normalized spacial score (nSPS) is 10.3. The molecule has 1 N–H and O–H groups in total. The van der Waals surface area contributed by atoms with E-state index >= 15 is 0 Å². The van der Waals surface area contributed by atoms with Gasteiger partial charge in [-0.3, -0.25) is 10.1 Å². The van der Waals surface area contributed by atoms with Crippen LogP contribution >= 0.6 is 0 Å². The molecule has 1 aromatic carbocycles. The lowest BCUT2D eigenvalue weighted by Gasteiger charge is -2.05. The average Bonchev–Trinajstić information content (AvgIpc) is 2.74. The van der Waals surface area contributed by atoms with Crippen LogP contribution in [0.1, 0.15) is 15.9 Å². The molecule has 1 aromatic heterocycles. The highest BCUT2D eigenvalue weighted by Gasteiger charge is 2.17. The summed E-state index contributed by atoms with van der Waals surface area (Å²) in [6.07, 6.45) is 3.15. The second kappa shape index (κ2) is 4.28. The summed E-state index contributed by atoms with van der Waals surface area (Å²) in [6, 6.07) is 3.55. The molecule has 7 nitrogen and oxygen atoms in total. The lowest BCUT2D eigenvalue weighted by atomic mass is 10.1. The fourth-order valence-corrected chi connectivity index (χ4v) is 1.55. The molecule has 0 radical (unpaired) electrons. The van der Waals surface area contributed by atoms with Gasteiger partial charge in [-0.05, 0) is 18.6 Å². The zero-order valence-corrected chi connectivity index (χ0v) is 9.40. The van der Waals surface area contributed by atoms with Crippen LogP contribution < -0.4 is 0 Å². The molecule has 0 bridgehead atoms. The Bertz CT molecular complexity index is 633. The van der Waals surface area contributed by atoms with Gasteiger partial charge < -0.3 is 5.11 Å². The van der Waals surface area contributed by atoms with Gasteiger partial charge in [-0.15, -0.1) is 0 Å². The topological polar surface area (TPSA) is 98.3 Å². The number of aromatic carboxylic acids is 1. The number of aromatic nitrogens is 2. The van der Waals surface area contributed by atoms with Gasteiger partial charge >= 0.3 is 5.97 Å². The molecular weight excluding hydrogens is 238 g/mol. The number of benzene rings is 1. The predicted octanol–water partition coefficient (Wildman–Crippen LogP) is 1.79. The minimum atomic E-state index is -1.16. The van der Waals surface area contributed by atoms with Gasteiger partial charge in [0.05, 0.1) is 22.4 Å². The Morgan fingerprint density at radius 1 is 1.50 bits per heavy atom. The average molecular weight is 247 g/mol. The maximum absolute atomic E-state index is 11.1. The summed E-state index contributed by atoms with van der Waals surface area (Å²) in [6.45, 7) is 1.79. The maximum Gasteiger partial charge on any atom is 0.337 e. The number of non-ortho nitro benzene ring substituents is 1. The van der Waals surface area contributed by atoms with E-state index < -0.39 is 10.9 Å². The van der Waals surface area contributed by atoms with Crippen molar-refractivity contribution >= 4 is 11.7 Å². The summed E-state index contributed by atoms with van der Waals surface area (Å²) in [7, 11) is 0. The van der Waals surface area contributed by atoms with E-state index in [1.165, 1.54) is 16.8 Å². The van der Waals surface area contributed by atoms with Gasteiger partial charge in [-0.1, -0.05) is 0 Å². The van der Waals surface area contributed by atoms with Crippen LogP contribution in [0.3, 0.4) is 0 Å². The molecule has 0 unspecified atom stereocenters. The summed E-state index contributed by atoms with van der Waals surface area (Å²) in [5.74, 6) is -1.16. The van der Waals surface area contributed by atoms with Gasteiger partial charge in [-0.2, -0.15) is 5.10 Å². The van der Waals surface area contributed by atoms with E-state index in [9.17, 15) is 14.9 Å². The number of hydrogen-bond acceptors (Lipinski definition) is 4. The molecule has 0 aliphatic heterocycles. The number of nitro groups is 1. The van der Waals surface area contributed by atoms with E-state index in [-0.39, 0.29) is 16.9 Å². The van der Waals surface area contributed by atoms with Crippen molar-refractivity contribution in [1.29, 1.82) is 0 Å². The highest BCUT2D eigenvalue weighted by Crippen LogP contribution is 2.21. The Hall–Kier alpha value is -2.70. The summed E-state index contributed by atoms with van der Waals surface area (Å²) < 4.78 is 1.31. The number of hydrogen-bond donors (Lipinski definition) is 1. The third-order valence-electron chi connectivity index (χ3n) is 2.38. The van der Waals surface area contributed by atoms with Crippen LogP contribution in [0.5, 0.6) is 0 Å². The van der Waals surface area contributed by atoms with E-state index in [1.54, 1.807) is 19.3 Å². The maximum atomic E-state index is 11.1. The van der Waals surface area contributed by atoms with Crippen molar-refractivity contribution in [2.45, 2.75) is 6.92 Å². The Balaban J connectivity index is 2.64. The number of nitrogens with zero attached hydrogens (tertiary/aromatic N) is 3. The fraction of sp³-hybridized carbons (Fsp3) is 0.0909. The van der Waals surface area contributed by atoms with Crippen LogP contribution in [0.4, 0.5) is 5.69 Å². The molecule has 0 saturated heterocycles. The van der Waals surface area contributed by atoms with Gasteiger partial charge in [0.2, 0.25) is 0 Å². The largest absolute Gasteiger partial charge is 0.478 e. The molecule has 7 heteroatoms. The molecule has 18 heavy (non-hydrogen) atoms. The molecule has 1 heterocycles. The molecule has 2 aromatic rings. The molecule has 0 fully saturated rings. The Labute approximate surface area is 101 Å². The van der Waals surface area contributed by atoms with E-state index in [0.29, 0.717) is 0 Å². The molecule has 92 valence electrons. The van der Waals surface area contributed by atoms with Gasteiger partial charge in [0, 0.05) is 18.3 Å². The molecule has 0 aliphatic carbocycles. The highest BCUT2D eigenvalue weighted by atomic mass is 16.6. The number of carboxylic acid groups (broad SMARTS) is 1. The van der Waals surface area contributed by atoms with Crippen molar-refractivity contribution in [1.82, 2.24) is 9.78 Å². The minimum Gasteiger partial charge on any atom is -0.478 e. The number of carboxylic acids is 1. The van der Waals surface area contributed by atoms with Crippen LogP contribution in [0.2, 0.25) is 0 Å². The van der Waals surface area contributed by atoms with Crippen LogP contribution in [0, 0.1) is 17.0 Å². The summed E-state index contributed by atoms with van der Waals surface area (Å²) in [4.78, 5) is 21.2. The second-order valence-corrected chi connectivity index (χ2v) is 3.73. The van der Waals surface area contributed by atoms with E-state index in [0.717, 1.165) is 11.6 Å². The van der Waals surface area contributed by atoms with Crippen molar-refractivity contribution < 1.29 is 14.8 Å². The third-order valence-corrected chi connectivity index (χ3v) is 2.38. The zero-order chi connectivity index (χ0) is 13.3. The summed E-state index contributed by atoms with van der Waals surface area (Å²) >= 11 is 0. The fourth-order valence-electron chi connectivity index (χ4n) is 1.55. The molecular formula is C11H9N3O4. The highest BCUT2D eigenvalue weighted by molar-refractivity contribution is 5.92.